The van der Waals surface area contributed by atoms with Crippen LogP contribution in [-0.2, 0) is 28.6 Å². The van der Waals surface area contributed by atoms with E-state index >= 15 is 0 Å². The minimum atomic E-state index is -0.809. The summed E-state index contributed by atoms with van der Waals surface area (Å²) < 4.78 is 16.7. The van der Waals surface area contributed by atoms with Gasteiger partial charge in [0.2, 0.25) is 0 Å². The number of unbranched alkanes of at least 4 members (excludes halogenated alkanes) is 22. The molecule has 0 saturated heterocycles. The van der Waals surface area contributed by atoms with E-state index in [4.69, 9.17) is 14.2 Å². The zero-order valence-electron chi connectivity index (χ0n) is 42.2. The number of rotatable bonds is 47. The largest absolute Gasteiger partial charge is 0.462 e. The Kier molecular flexibility index (Phi) is 50.0. The average molecular weight is 903 g/mol. The van der Waals surface area contributed by atoms with Gasteiger partial charge in [0.1, 0.15) is 13.2 Å². The molecule has 0 fully saturated rings. The Labute approximate surface area is 400 Å². The van der Waals surface area contributed by atoms with Gasteiger partial charge in [-0.25, -0.2) is 0 Å². The standard InChI is InChI=1S/C59H98O6/c1-4-7-10-13-16-19-22-25-27-28-29-30-32-34-37-40-43-46-49-52-58(61)64-55-56(54-63-57(60)51-48-45-42-39-36-33-24-21-18-15-12-9-6-3)65-59(62)53-50-47-44-41-38-35-31-26-23-20-17-14-11-8-5-2/h7-8,10-11,14,16-17,19-20,23,25,27,33,36,42,45,56H,4-6,9,12-13,15,18,21-22,24,26,28-32,34-35,37-41,43-44,46-55H2,1-3H3/b10-7-,11-8-,17-14-,19-16-,23-20-,27-25-,36-33-,45-42-. The lowest BCUT2D eigenvalue weighted by Crippen LogP contribution is -2.30. The number of hydrogen-bond acceptors (Lipinski definition) is 6. The van der Waals surface area contributed by atoms with E-state index in [1.54, 1.807) is 0 Å². The fourth-order valence-electron chi connectivity index (χ4n) is 7.16. The maximum atomic E-state index is 12.8. The average Bonchev–Trinajstić information content (AvgIpc) is 3.30. The smallest absolute Gasteiger partial charge is 0.306 e. The Morgan fingerprint density at radius 2 is 0.708 bits per heavy atom. The lowest BCUT2D eigenvalue weighted by atomic mass is 10.1. The van der Waals surface area contributed by atoms with Crippen LogP contribution < -0.4 is 0 Å². The summed E-state index contributed by atoms with van der Waals surface area (Å²) in [6.45, 7) is 6.32. The molecule has 0 aromatic carbocycles. The van der Waals surface area contributed by atoms with Crippen LogP contribution in [-0.4, -0.2) is 37.2 Å². The Morgan fingerprint density at radius 3 is 1.20 bits per heavy atom. The maximum absolute atomic E-state index is 12.8. The van der Waals surface area contributed by atoms with Crippen LogP contribution in [0.4, 0.5) is 0 Å². The molecule has 0 N–H and O–H groups in total. The molecule has 0 rings (SSSR count). The third-order valence-corrected chi connectivity index (χ3v) is 11.1. The minimum absolute atomic E-state index is 0.103. The molecule has 0 saturated carbocycles. The van der Waals surface area contributed by atoms with Crippen LogP contribution >= 0.6 is 0 Å². The monoisotopic (exact) mass is 903 g/mol. The first-order chi connectivity index (χ1) is 32.0. The molecule has 370 valence electrons. The molecule has 1 atom stereocenters. The predicted octanol–water partition coefficient (Wildman–Crippen LogP) is 17.8. The Bertz CT molecular complexity index is 1310. The molecule has 0 radical (unpaired) electrons. The van der Waals surface area contributed by atoms with E-state index in [9.17, 15) is 14.4 Å². The summed E-state index contributed by atoms with van der Waals surface area (Å²) in [7, 11) is 0. The van der Waals surface area contributed by atoms with Crippen LogP contribution in [0.2, 0.25) is 0 Å². The van der Waals surface area contributed by atoms with Crippen molar-refractivity contribution in [2.75, 3.05) is 13.2 Å². The van der Waals surface area contributed by atoms with Gasteiger partial charge in [-0.05, 0) is 89.9 Å². The summed E-state index contributed by atoms with van der Waals surface area (Å²) in [6.07, 6.45) is 69.8. The summed E-state index contributed by atoms with van der Waals surface area (Å²) in [4.78, 5) is 38.0. The Hall–Kier alpha value is -3.67. The molecule has 0 aromatic heterocycles. The van der Waals surface area contributed by atoms with E-state index in [0.717, 1.165) is 89.9 Å². The van der Waals surface area contributed by atoms with Crippen molar-refractivity contribution < 1.29 is 28.6 Å². The fraction of sp³-hybridized carbons (Fsp3) is 0.678. The van der Waals surface area contributed by atoms with Gasteiger partial charge >= 0.3 is 17.9 Å². The quantitative estimate of drug-likeness (QED) is 0.0199. The van der Waals surface area contributed by atoms with Crippen molar-refractivity contribution in [2.45, 2.75) is 245 Å². The Balaban J connectivity index is 4.44. The number of hydrogen-bond donors (Lipinski definition) is 0. The second kappa shape index (κ2) is 52.9. The minimum Gasteiger partial charge on any atom is -0.462 e. The molecule has 0 heterocycles. The lowest BCUT2D eigenvalue weighted by Gasteiger charge is -2.18. The summed E-state index contributed by atoms with van der Waals surface area (Å²) in [5, 5.41) is 0. The normalized spacial score (nSPS) is 12.8. The van der Waals surface area contributed by atoms with Crippen molar-refractivity contribution >= 4 is 17.9 Å². The summed E-state index contributed by atoms with van der Waals surface area (Å²) in [5.41, 5.74) is 0. The number of esters is 3. The highest BCUT2D eigenvalue weighted by atomic mass is 16.6. The van der Waals surface area contributed by atoms with Gasteiger partial charge in [-0.15, -0.1) is 0 Å². The summed E-state index contributed by atoms with van der Waals surface area (Å²) in [5.74, 6) is -0.992. The zero-order chi connectivity index (χ0) is 47.2. The van der Waals surface area contributed by atoms with Crippen LogP contribution in [0.15, 0.2) is 97.2 Å². The van der Waals surface area contributed by atoms with E-state index in [1.807, 2.05) is 6.08 Å². The molecule has 6 nitrogen and oxygen atoms in total. The molecule has 6 heteroatoms. The van der Waals surface area contributed by atoms with Gasteiger partial charge in [0.15, 0.2) is 6.10 Å². The topological polar surface area (TPSA) is 78.9 Å². The van der Waals surface area contributed by atoms with Gasteiger partial charge in [0.25, 0.3) is 0 Å². The zero-order valence-corrected chi connectivity index (χ0v) is 42.2. The van der Waals surface area contributed by atoms with E-state index in [-0.39, 0.29) is 37.5 Å². The second-order valence-electron chi connectivity index (χ2n) is 17.4. The van der Waals surface area contributed by atoms with Crippen LogP contribution in [0.5, 0.6) is 0 Å². The molecule has 0 aliphatic carbocycles. The highest BCUT2D eigenvalue weighted by molar-refractivity contribution is 5.71. The molecule has 0 aliphatic rings. The van der Waals surface area contributed by atoms with Crippen molar-refractivity contribution in [3.8, 4) is 0 Å². The third kappa shape index (κ3) is 51.2. The van der Waals surface area contributed by atoms with Crippen LogP contribution in [0.1, 0.15) is 239 Å². The van der Waals surface area contributed by atoms with Gasteiger partial charge in [-0.1, -0.05) is 227 Å². The molecule has 0 aliphatic heterocycles. The first kappa shape index (κ1) is 61.3. The lowest BCUT2D eigenvalue weighted by molar-refractivity contribution is -0.166. The van der Waals surface area contributed by atoms with E-state index in [1.165, 1.54) is 103 Å². The first-order valence-electron chi connectivity index (χ1n) is 26.8. The Morgan fingerprint density at radius 1 is 0.338 bits per heavy atom. The predicted molar refractivity (Wildman–Crippen MR) is 279 cm³/mol. The molecule has 0 spiro atoms. The third-order valence-electron chi connectivity index (χ3n) is 11.1. The van der Waals surface area contributed by atoms with Gasteiger partial charge in [-0.3, -0.25) is 14.4 Å². The fourth-order valence-corrected chi connectivity index (χ4v) is 7.16. The molecule has 0 amide bonds. The molecule has 0 bridgehead atoms. The highest BCUT2D eigenvalue weighted by Crippen LogP contribution is 2.14. The number of ether oxygens (including phenoxy) is 3. The van der Waals surface area contributed by atoms with Gasteiger partial charge in [0.05, 0.1) is 0 Å². The first-order valence-corrected chi connectivity index (χ1v) is 26.8. The van der Waals surface area contributed by atoms with Crippen LogP contribution in [0.25, 0.3) is 0 Å². The van der Waals surface area contributed by atoms with Gasteiger partial charge in [0, 0.05) is 19.3 Å². The second-order valence-corrected chi connectivity index (χ2v) is 17.4. The number of carbonyl (C=O) groups excluding carboxylic acids is 3. The van der Waals surface area contributed by atoms with Crippen LogP contribution in [0, 0.1) is 0 Å². The molecule has 0 aromatic rings. The summed E-state index contributed by atoms with van der Waals surface area (Å²) >= 11 is 0. The van der Waals surface area contributed by atoms with Crippen molar-refractivity contribution in [1.82, 2.24) is 0 Å². The van der Waals surface area contributed by atoms with Gasteiger partial charge < -0.3 is 14.2 Å². The van der Waals surface area contributed by atoms with Crippen molar-refractivity contribution in [3.05, 3.63) is 97.2 Å². The number of carbonyl (C=O) groups is 3. The van der Waals surface area contributed by atoms with E-state index < -0.39 is 6.10 Å². The van der Waals surface area contributed by atoms with Gasteiger partial charge in [-0.2, -0.15) is 0 Å². The molecular formula is C59H98O6. The van der Waals surface area contributed by atoms with E-state index in [0.29, 0.717) is 19.3 Å². The molecular weight excluding hydrogens is 805 g/mol. The highest BCUT2D eigenvalue weighted by Gasteiger charge is 2.19. The molecule has 1 unspecified atom stereocenters. The van der Waals surface area contributed by atoms with Crippen LogP contribution in [0.3, 0.4) is 0 Å². The van der Waals surface area contributed by atoms with Crippen molar-refractivity contribution in [2.24, 2.45) is 0 Å². The maximum Gasteiger partial charge on any atom is 0.306 e. The van der Waals surface area contributed by atoms with E-state index in [2.05, 4.69) is 112 Å². The SMILES string of the molecule is CC\C=C/C=C\C=C/CCCCCCCCCC(=O)OC(COC(=O)CC/C=C\C/C=C\CCCCCCCC)COC(=O)CCCCCCCCCCC/C=C\C/C=C\C/C=C\CC. The van der Waals surface area contributed by atoms with Crippen molar-refractivity contribution in [1.29, 1.82) is 0 Å². The van der Waals surface area contributed by atoms with Crippen molar-refractivity contribution in [3.63, 3.8) is 0 Å². The number of allylic oxidation sites excluding steroid dienone is 16. The molecule has 65 heavy (non-hydrogen) atoms. The summed E-state index contributed by atoms with van der Waals surface area (Å²) in [6, 6.07) is 0.